The van der Waals surface area contributed by atoms with Crippen LogP contribution < -0.4 is 14.9 Å². The molecular weight excluding hydrogens is 620 g/mol. The zero-order chi connectivity index (χ0) is 23.4. The molecule has 4 rings (SSSR count). The monoisotopic (exact) mass is 634 g/mol. The lowest BCUT2D eigenvalue weighted by Crippen LogP contribution is -2.16. The number of amides is 1. The molecule has 1 N–H and O–H groups in total. The molecule has 168 valence electrons. The topological polar surface area (TPSA) is 73.1 Å². The average molecular weight is 637 g/mol. The quantitative estimate of drug-likeness (QED) is 0.174. The predicted octanol–water partition coefficient (Wildman–Crippen LogP) is 7.07. The van der Waals surface area contributed by atoms with Gasteiger partial charge in [-0.3, -0.25) is 4.79 Å². The summed E-state index contributed by atoms with van der Waals surface area (Å²) in [4.78, 5) is 12.4. The number of benzene rings is 3. The minimum atomic E-state index is -0.445. The summed E-state index contributed by atoms with van der Waals surface area (Å²) < 4.78 is 19.6. The summed E-state index contributed by atoms with van der Waals surface area (Å²) in [5, 5.41) is 4.86. The number of fused-ring (bicyclic) bond motifs is 1. The minimum Gasteiger partial charge on any atom is -0.493 e. The van der Waals surface area contributed by atoms with Crippen molar-refractivity contribution in [2.75, 3.05) is 7.11 Å². The summed E-state index contributed by atoms with van der Waals surface area (Å²) in [6.45, 7) is 0.389. The Kier molecular flexibility index (Phi) is 7.52. The molecule has 0 aliphatic carbocycles. The second-order valence-electron chi connectivity index (χ2n) is 6.94. The predicted molar refractivity (Wildman–Crippen MR) is 138 cm³/mol. The Hall–Kier alpha value is -2.62. The second-order valence-corrected chi connectivity index (χ2v) is 9.63. The molecule has 9 heteroatoms. The smallest absolute Gasteiger partial charge is 0.307 e. The van der Waals surface area contributed by atoms with Crippen molar-refractivity contribution < 1.29 is 18.7 Å². The van der Waals surface area contributed by atoms with Crippen molar-refractivity contribution in [3.05, 3.63) is 91.0 Å². The number of hydrazone groups is 1. The summed E-state index contributed by atoms with van der Waals surface area (Å²) in [6, 6.07) is 18.7. The van der Waals surface area contributed by atoms with Crippen LogP contribution in [0.4, 0.5) is 0 Å². The van der Waals surface area contributed by atoms with Gasteiger partial charge in [0, 0.05) is 14.3 Å². The van der Waals surface area contributed by atoms with E-state index in [0.717, 1.165) is 19.9 Å². The van der Waals surface area contributed by atoms with Gasteiger partial charge in [0.25, 0.3) is 0 Å². The van der Waals surface area contributed by atoms with E-state index in [1.807, 2.05) is 42.5 Å². The van der Waals surface area contributed by atoms with E-state index in [9.17, 15) is 4.79 Å². The van der Waals surface area contributed by atoms with E-state index in [0.29, 0.717) is 33.7 Å². The van der Waals surface area contributed by atoms with E-state index in [1.54, 1.807) is 25.3 Å². The molecule has 0 saturated carbocycles. The van der Waals surface area contributed by atoms with E-state index in [4.69, 9.17) is 13.9 Å². The van der Waals surface area contributed by atoms with Gasteiger partial charge in [0.05, 0.1) is 17.8 Å². The second kappa shape index (κ2) is 10.5. The Labute approximate surface area is 215 Å². The van der Waals surface area contributed by atoms with Crippen molar-refractivity contribution >= 4 is 70.9 Å². The van der Waals surface area contributed by atoms with Crippen LogP contribution in [0, 0.1) is 0 Å². The van der Waals surface area contributed by atoms with Crippen LogP contribution in [0.2, 0.25) is 0 Å². The average Bonchev–Trinajstić information content (AvgIpc) is 3.22. The fraction of sp³-hybridized carbons (Fsp3) is 0.0833. The highest BCUT2D eigenvalue weighted by molar-refractivity contribution is 9.11. The number of methoxy groups -OCH3 is 1. The largest absolute Gasteiger partial charge is 0.493 e. The van der Waals surface area contributed by atoms with Crippen LogP contribution in [0.25, 0.3) is 11.0 Å². The maximum atomic E-state index is 12.4. The molecule has 3 aromatic carbocycles. The molecular formula is C24H17Br3N2O4. The normalized spacial score (nSPS) is 11.2. The molecule has 33 heavy (non-hydrogen) atoms. The Bertz CT molecular complexity index is 1330. The highest BCUT2D eigenvalue weighted by atomic mass is 79.9. The maximum absolute atomic E-state index is 12.4. The number of carbonyl (C=O) groups excluding carboxylic acids is 1. The first kappa shape index (κ1) is 23.5. The first-order chi connectivity index (χ1) is 15.9. The van der Waals surface area contributed by atoms with Crippen molar-refractivity contribution in [3.63, 3.8) is 0 Å². The highest BCUT2D eigenvalue weighted by Crippen LogP contribution is 2.37. The first-order valence-electron chi connectivity index (χ1n) is 9.70. The van der Waals surface area contributed by atoms with Crippen molar-refractivity contribution in [1.82, 2.24) is 5.43 Å². The Balaban J connectivity index is 1.44. The third kappa shape index (κ3) is 5.85. The number of hydrogen-bond donors (Lipinski definition) is 1. The molecule has 0 saturated heterocycles. The zero-order valence-electron chi connectivity index (χ0n) is 17.3. The van der Waals surface area contributed by atoms with Crippen LogP contribution in [0.3, 0.4) is 0 Å². The molecule has 6 nitrogen and oxygen atoms in total. The van der Waals surface area contributed by atoms with Gasteiger partial charge in [-0.1, -0.05) is 44.0 Å². The van der Waals surface area contributed by atoms with Crippen molar-refractivity contribution in [2.45, 2.75) is 6.61 Å². The molecule has 4 aromatic rings. The van der Waals surface area contributed by atoms with E-state index < -0.39 is 5.91 Å². The molecule has 0 fully saturated rings. The van der Waals surface area contributed by atoms with Crippen LogP contribution in [0.5, 0.6) is 11.5 Å². The third-order valence-corrected chi connectivity index (χ3v) is 6.24. The van der Waals surface area contributed by atoms with E-state index in [1.165, 1.54) is 6.21 Å². The lowest BCUT2D eigenvalue weighted by molar-refractivity contribution is 0.0929. The summed E-state index contributed by atoms with van der Waals surface area (Å²) in [7, 11) is 1.57. The fourth-order valence-corrected chi connectivity index (χ4v) is 4.25. The number of nitrogens with zero attached hydrogens (tertiary/aromatic N) is 1. The lowest BCUT2D eigenvalue weighted by Gasteiger charge is -2.13. The number of hydrogen-bond acceptors (Lipinski definition) is 5. The molecule has 0 unspecified atom stereocenters. The van der Waals surface area contributed by atoms with Crippen molar-refractivity contribution in [2.24, 2.45) is 5.10 Å². The van der Waals surface area contributed by atoms with Crippen molar-refractivity contribution in [3.8, 4) is 11.5 Å². The van der Waals surface area contributed by atoms with Gasteiger partial charge in [-0.15, -0.1) is 0 Å². The van der Waals surface area contributed by atoms with E-state index >= 15 is 0 Å². The van der Waals surface area contributed by atoms with Crippen LogP contribution >= 0.6 is 47.8 Å². The molecule has 1 heterocycles. The van der Waals surface area contributed by atoms with Gasteiger partial charge in [-0.2, -0.15) is 5.10 Å². The Morgan fingerprint density at radius 3 is 2.55 bits per heavy atom. The Morgan fingerprint density at radius 1 is 1.03 bits per heavy atom. The van der Waals surface area contributed by atoms with Gasteiger partial charge in [-0.25, -0.2) is 5.43 Å². The van der Waals surface area contributed by atoms with Crippen LogP contribution in [-0.4, -0.2) is 19.2 Å². The van der Waals surface area contributed by atoms with Gasteiger partial charge < -0.3 is 13.9 Å². The summed E-state index contributed by atoms with van der Waals surface area (Å²) in [5.74, 6) is 0.849. The van der Waals surface area contributed by atoms with Gasteiger partial charge >= 0.3 is 5.91 Å². The van der Waals surface area contributed by atoms with E-state index in [2.05, 4.69) is 58.3 Å². The molecule has 1 aromatic heterocycles. The van der Waals surface area contributed by atoms with Crippen LogP contribution in [0.15, 0.2) is 83.6 Å². The molecule has 0 atom stereocenters. The number of halogens is 3. The van der Waals surface area contributed by atoms with E-state index in [-0.39, 0.29) is 5.76 Å². The zero-order valence-corrected chi connectivity index (χ0v) is 22.0. The van der Waals surface area contributed by atoms with Gasteiger partial charge in [0.1, 0.15) is 12.2 Å². The van der Waals surface area contributed by atoms with Gasteiger partial charge in [0.2, 0.25) is 0 Å². The first-order valence-corrected chi connectivity index (χ1v) is 12.1. The number of nitrogens with one attached hydrogen (secondary N) is 1. The number of furan rings is 1. The highest BCUT2D eigenvalue weighted by Gasteiger charge is 2.13. The number of rotatable bonds is 7. The van der Waals surface area contributed by atoms with Crippen LogP contribution in [0.1, 0.15) is 21.7 Å². The number of ether oxygens (including phenoxy) is 2. The molecule has 0 radical (unpaired) electrons. The third-order valence-electron chi connectivity index (χ3n) is 4.63. The van der Waals surface area contributed by atoms with Gasteiger partial charge in [0.15, 0.2) is 17.3 Å². The molecule has 1 amide bonds. The number of carbonyl (C=O) groups is 1. The molecule has 0 spiro atoms. The lowest BCUT2D eigenvalue weighted by atomic mass is 10.2. The fourth-order valence-electron chi connectivity index (χ4n) is 3.04. The summed E-state index contributed by atoms with van der Waals surface area (Å²) >= 11 is 10.4. The summed E-state index contributed by atoms with van der Waals surface area (Å²) in [5.41, 5.74) is 4.84. The van der Waals surface area contributed by atoms with Crippen molar-refractivity contribution in [1.29, 1.82) is 0 Å². The minimum absolute atomic E-state index is 0.177. The van der Waals surface area contributed by atoms with Crippen LogP contribution in [-0.2, 0) is 6.61 Å². The standard InChI is InChI=1S/C24H17Br3N2O4/c1-31-21-9-15(8-19(27)23(21)32-13-14-2-4-17(25)5-3-14)12-28-29-24(30)22-11-16-10-18(26)6-7-20(16)33-22/h2-12H,13H2,1H3,(H,29,30)/b28-12+. The molecule has 0 bridgehead atoms. The summed E-state index contributed by atoms with van der Waals surface area (Å²) in [6.07, 6.45) is 1.52. The SMILES string of the molecule is COc1cc(/C=N/NC(=O)c2cc3cc(Br)ccc3o2)cc(Br)c1OCc1ccc(Br)cc1. The molecule has 0 aliphatic heterocycles. The Morgan fingerprint density at radius 2 is 1.79 bits per heavy atom. The maximum Gasteiger partial charge on any atom is 0.307 e. The molecule has 0 aliphatic rings. The van der Waals surface area contributed by atoms with Gasteiger partial charge in [-0.05, 0) is 75.6 Å².